The molecule has 0 radical (unpaired) electrons. The molecule has 0 spiro atoms. The number of benzene rings is 2. The van der Waals surface area contributed by atoms with Gasteiger partial charge in [-0.3, -0.25) is 4.79 Å². The summed E-state index contributed by atoms with van der Waals surface area (Å²) in [5.41, 5.74) is 1.73. The van der Waals surface area contributed by atoms with Gasteiger partial charge in [0.25, 0.3) is 0 Å². The Morgan fingerprint density at radius 3 is 2.67 bits per heavy atom. The quantitative estimate of drug-likeness (QED) is 0.826. The van der Waals surface area contributed by atoms with Crippen molar-refractivity contribution in [3.05, 3.63) is 65.5 Å². The second kappa shape index (κ2) is 7.47. The molecule has 24 heavy (non-hydrogen) atoms. The third kappa shape index (κ3) is 3.58. The van der Waals surface area contributed by atoms with Crippen LogP contribution in [0.25, 0.3) is 0 Å². The molecule has 1 aliphatic heterocycles. The summed E-state index contributed by atoms with van der Waals surface area (Å²) in [4.78, 5) is 14.5. The number of hydrogen-bond donors (Lipinski definition) is 0. The second-order valence-electron chi connectivity index (χ2n) is 6.11. The van der Waals surface area contributed by atoms with Crippen LogP contribution in [-0.4, -0.2) is 24.5 Å². The van der Waals surface area contributed by atoms with E-state index in [0.29, 0.717) is 24.9 Å². The molecule has 1 heterocycles. The molecule has 1 atom stereocenters. The Kier molecular flexibility index (Phi) is 5.14. The lowest BCUT2D eigenvalue weighted by molar-refractivity contribution is -0.132. The fourth-order valence-electron chi connectivity index (χ4n) is 3.32. The lowest BCUT2D eigenvalue weighted by Crippen LogP contribution is -2.31. The Bertz CT molecular complexity index is 699. The largest absolute Gasteiger partial charge is 0.497 e. The van der Waals surface area contributed by atoms with E-state index >= 15 is 0 Å². The van der Waals surface area contributed by atoms with Crippen LogP contribution in [-0.2, 0) is 11.2 Å². The molecule has 126 valence electrons. The van der Waals surface area contributed by atoms with Crippen LogP contribution in [0, 0.1) is 5.82 Å². The van der Waals surface area contributed by atoms with E-state index in [-0.39, 0.29) is 17.8 Å². The van der Waals surface area contributed by atoms with Crippen LogP contribution in [0.4, 0.5) is 4.39 Å². The van der Waals surface area contributed by atoms with Crippen molar-refractivity contribution in [3.8, 4) is 5.75 Å². The molecule has 2 aromatic carbocycles. The number of likely N-dealkylation sites (tertiary alicyclic amines) is 1. The maximum absolute atomic E-state index is 14.1. The van der Waals surface area contributed by atoms with E-state index in [1.165, 1.54) is 6.07 Å². The van der Waals surface area contributed by atoms with Crippen LogP contribution in [0.1, 0.15) is 36.4 Å². The highest BCUT2D eigenvalue weighted by molar-refractivity contribution is 5.77. The lowest BCUT2D eigenvalue weighted by Gasteiger charge is -2.25. The van der Waals surface area contributed by atoms with Crippen LogP contribution in [0.3, 0.4) is 0 Å². The lowest BCUT2D eigenvalue weighted by atomic mass is 10.0. The van der Waals surface area contributed by atoms with Crippen LogP contribution < -0.4 is 4.74 Å². The predicted octanol–water partition coefficient (Wildman–Crippen LogP) is 4.13. The van der Waals surface area contributed by atoms with Gasteiger partial charge in [-0.25, -0.2) is 4.39 Å². The summed E-state index contributed by atoms with van der Waals surface area (Å²) in [5.74, 6) is 0.679. The van der Waals surface area contributed by atoms with Crippen molar-refractivity contribution in [3.63, 3.8) is 0 Å². The number of methoxy groups -OCH3 is 1. The fourth-order valence-corrected chi connectivity index (χ4v) is 3.32. The van der Waals surface area contributed by atoms with Crippen LogP contribution >= 0.6 is 0 Å². The first kappa shape index (κ1) is 16.5. The van der Waals surface area contributed by atoms with Crippen LogP contribution in [0.2, 0.25) is 0 Å². The van der Waals surface area contributed by atoms with Crippen molar-refractivity contribution in [1.82, 2.24) is 4.90 Å². The van der Waals surface area contributed by atoms with Gasteiger partial charge in [-0.2, -0.15) is 0 Å². The molecule has 1 aliphatic rings. The summed E-state index contributed by atoms with van der Waals surface area (Å²) >= 11 is 0. The molecule has 0 N–H and O–H groups in total. The number of amides is 1. The monoisotopic (exact) mass is 327 g/mol. The highest BCUT2D eigenvalue weighted by Gasteiger charge is 2.31. The molecule has 1 amide bonds. The average Bonchev–Trinajstić information content (AvgIpc) is 3.10. The standard InChI is InChI=1S/C20H22FNO2/c1-24-16-11-8-15(9-12-16)10-13-20(23)22-14-4-7-19(22)17-5-2-3-6-18(17)21/h2-3,5-6,8-9,11-12,19H,4,7,10,13-14H2,1H3. The van der Waals surface area contributed by atoms with E-state index in [1.807, 2.05) is 35.2 Å². The zero-order valence-corrected chi connectivity index (χ0v) is 13.9. The van der Waals surface area contributed by atoms with Gasteiger partial charge < -0.3 is 9.64 Å². The number of nitrogens with zero attached hydrogens (tertiary/aromatic N) is 1. The van der Waals surface area contributed by atoms with Crippen molar-refractivity contribution >= 4 is 5.91 Å². The van der Waals surface area contributed by atoms with Crippen molar-refractivity contribution < 1.29 is 13.9 Å². The predicted molar refractivity (Wildman–Crippen MR) is 91.4 cm³/mol. The minimum atomic E-state index is -0.225. The maximum atomic E-state index is 14.1. The molecule has 1 unspecified atom stereocenters. The number of aryl methyl sites for hydroxylation is 1. The van der Waals surface area contributed by atoms with E-state index in [0.717, 1.165) is 24.2 Å². The van der Waals surface area contributed by atoms with Crippen molar-refractivity contribution in [1.29, 1.82) is 0 Å². The molecule has 3 nitrogen and oxygen atoms in total. The summed E-state index contributed by atoms with van der Waals surface area (Å²) in [6.07, 6.45) is 2.88. The van der Waals surface area contributed by atoms with Gasteiger partial charge in [0.05, 0.1) is 13.2 Å². The molecular weight excluding hydrogens is 305 g/mol. The van der Waals surface area contributed by atoms with Crippen LogP contribution in [0.5, 0.6) is 5.75 Å². The summed E-state index contributed by atoms with van der Waals surface area (Å²) in [6.45, 7) is 0.709. The normalized spacial score (nSPS) is 17.1. The number of rotatable bonds is 5. The molecule has 0 bridgehead atoms. The smallest absolute Gasteiger partial charge is 0.223 e. The number of ether oxygens (including phenoxy) is 1. The van der Waals surface area contributed by atoms with Crippen LogP contribution in [0.15, 0.2) is 48.5 Å². The van der Waals surface area contributed by atoms with Crippen molar-refractivity contribution in [2.45, 2.75) is 31.7 Å². The van der Waals surface area contributed by atoms with Gasteiger partial charge in [0.15, 0.2) is 0 Å². The summed E-state index contributed by atoms with van der Waals surface area (Å²) in [7, 11) is 1.63. The Labute approximate surface area is 142 Å². The summed E-state index contributed by atoms with van der Waals surface area (Å²) in [5, 5.41) is 0. The summed E-state index contributed by atoms with van der Waals surface area (Å²) in [6, 6.07) is 14.4. The van der Waals surface area contributed by atoms with Gasteiger partial charge in [0.2, 0.25) is 5.91 Å². The molecule has 1 saturated heterocycles. The van der Waals surface area contributed by atoms with E-state index in [9.17, 15) is 9.18 Å². The van der Waals surface area contributed by atoms with Gasteiger partial charge >= 0.3 is 0 Å². The zero-order chi connectivity index (χ0) is 16.9. The van der Waals surface area contributed by atoms with Gasteiger partial charge in [-0.15, -0.1) is 0 Å². The highest BCUT2D eigenvalue weighted by Crippen LogP contribution is 2.33. The summed E-state index contributed by atoms with van der Waals surface area (Å²) < 4.78 is 19.2. The molecule has 3 rings (SSSR count). The molecule has 2 aromatic rings. The van der Waals surface area contributed by atoms with Crippen molar-refractivity contribution in [2.24, 2.45) is 0 Å². The molecule has 4 heteroatoms. The molecule has 0 aromatic heterocycles. The Balaban J connectivity index is 1.64. The van der Waals surface area contributed by atoms with E-state index in [4.69, 9.17) is 4.74 Å². The Morgan fingerprint density at radius 2 is 1.96 bits per heavy atom. The minimum Gasteiger partial charge on any atom is -0.497 e. The van der Waals surface area contributed by atoms with Gasteiger partial charge in [-0.05, 0) is 43.0 Å². The maximum Gasteiger partial charge on any atom is 0.223 e. The average molecular weight is 327 g/mol. The number of halogens is 1. The first-order chi connectivity index (χ1) is 11.7. The SMILES string of the molecule is COc1ccc(CCC(=O)N2CCCC2c2ccccc2F)cc1. The molecule has 0 aliphatic carbocycles. The highest BCUT2D eigenvalue weighted by atomic mass is 19.1. The minimum absolute atomic E-state index is 0.0940. The van der Waals surface area contributed by atoms with E-state index < -0.39 is 0 Å². The second-order valence-corrected chi connectivity index (χ2v) is 6.11. The Hall–Kier alpha value is -2.36. The van der Waals surface area contributed by atoms with E-state index in [1.54, 1.807) is 19.2 Å². The van der Waals surface area contributed by atoms with E-state index in [2.05, 4.69) is 0 Å². The molecular formula is C20H22FNO2. The number of hydrogen-bond acceptors (Lipinski definition) is 2. The molecule has 1 fully saturated rings. The van der Waals surface area contributed by atoms with Crippen molar-refractivity contribution in [2.75, 3.05) is 13.7 Å². The number of carbonyl (C=O) groups is 1. The zero-order valence-electron chi connectivity index (χ0n) is 13.9. The van der Waals surface area contributed by atoms with Gasteiger partial charge in [0.1, 0.15) is 11.6 Å². The first-order valence-corrected chi connectivity index (χ1v) is 8.36. The third-order valence-corrected chi connectivity index (χ3v) is 4.62. The topological polar surface area (TPSA) is 29.5 Å². The first-order valence-electron chi connectivity index (χ1n) is 8.36. The van der Waals surface area contributed by atoms with Gasteiger partial charge in [0, 0.05) is 18.5 Å². The van der Waals surface area contributed by atoms with Gasteiger partial charge in [-0.1, -0.05) is 30.3 Å². The Morgan fingerprint density at radius 1 is 1.21 bits per heavy atom. The molecule has 0 saturated carbocycles. The number of carbonyl (C=O) groups excluding carboxylic acids is 1. The fraction of sp³-hybridized carbons (Fsp3) is 0.350. The third-order valence-electron chi connectivity index (χ3n) is 4.62.